The van der Waals surface area contributed by atoms with Crippen LogP contribution in [0.4, 0.5) is 0 Å². The second kappa shape index (κ2) is 16.2. The van der Waals surface area contributed by atoms with Gasteiger partial charge in [0.25, 0.3) is 0 Å². The summed E-state index contributed by atoms with van der Waals surface area (Å²) in [5, 5.41) is 0.0211. The first-order valence-electron chi connectivity index (χ1n) is 16.8. The third-order valence-corrected chi connectivity index (χ3v) is 8.04. The number of benzene rings is 2. The first-order valence-corrected chi connectivity index (χ1v) is 16.8. The van der Waals surface area contributed by atoms with Gasteiger partial charge in [0.2, 0.25) is 5.43 Å². The second-order valence-corrected chi connectivity index (χ2v) is 14.7. The molecule has 0 saturated heterocycles. The van der Waals surface area contributed by atoms with Gasteiger partial charge in [-0.05, 0) is 81.3 Å². The molecule has 1 aliphatic carbocycles. The van der Waals surface area contributed by atoms with E-state index in [1.54, 1.807) is 31.2 Å². The topological polar surface area (TPSA) is 140 Å². The molecule has 0 fully saturated rings. The maximum absolute atomic E-state index is 14.2. The van der Waals surface area contributed by atoms with Crippen LogP contribution in [-0.2, 0) is 30.2 Å². The van der Waals surface area contributed by atoms with E-state index in [1.165, 1.54) is 20.5 Å². The van der Waals surface area contributed by atoms with Crippen molar-refractivity contribution in [3.63, 3.8) is 0 Å². The van der Waals surface area contributed by atoms with Crippen molar-refractivity contribution >= 4 is 34.3 Å². The van der Waals surface area contributed by atoms with Crippen LogP contribution in [0, 0.1) is 19.3 Å². The number of fused-ring (bicyclic) bond motifs is 2. The molecule has 12 nitrogen and oxygen atoms in total. The summed E-state index contributed by atoms with van der Waals surface area (Å²) in [6.45, 7) is 15.8. The largest absolute Gasteiger partial charge is 0.464 e. The smallest absolute Gasteiger partial charge is 0.339 e. The molecule has 0 radical (unpaired) electrons. The lowest BCUT2D eigenvalue weighted by Gasteiger charge is -2.30. The molecule has 51 heavy (non-hydrogen) atoms. The van der Waals surface area contributed by atoms with E-state index in [9.17, 15) is 19.2 Å². The van der Waals surface area contributed by atoms with E-state index >= 15 is 0 Å². The Hall–Kier alpha value is -4.52. The van der Waals surface area contributed by atoms with E-state index < -0.39 is 22.8 Å². The lowest BCUT2D eigenvalue weighted by Crippen LogP contribution is -2.41. The van der Waals surface area contributed by atoms with Gasteiger partial charge in [-0.2, -0.15) is 0 Å². The highest BCUT2D eigenvalue weighted by Gasteiger charge is 2.29. The van der Waals surface area contributed by atoms with Crippen molar-refractivity contribution < 1.29 is 47.2 Å². The molecule has 0 atom stereocenters. The highest BCUT2D eigenvalue weighted by molar-refractivity contribution is 6.30. The Labute approximate surface area is 298 Å². The third-order valence-electron chi connectivity index (χ3n) is 8.04. The van der Waals surface area contributed by atoms with Crippen LogP contribution >= 0.6 is 0 Å². The van der Waals surface area contributed by atoms with Crippen LogP contribution in [0.5, 0.6) is 11.5 Å². The standard InChI is InChI=1S/C39H49NO11/c1-23-15-31-34(33(24(23)2)37(44)47-14-13-40(20-38(3,4)5)18-32(41)51-39(6,7)8)36(43)28(19-48-31)26-12-11-25-16-29(49-21-45-9)30(50-22-46-10)17-27(25)35(26)42/h12,15-17,19H,11,13-14,18,20-22H2,1-10H3. The number of allylic oxidation sites excluding steroid dienone is 2. The van der Waals surface area contributed by atoms with Crippen molar-refractivity contribution in [2.75, 3.05) is 54.0 Å². The maximum Gasteiger partial charge on any atom is 0.339 e. The summed E-state index contributed by atoms with van der Waals surface area (Å²) >= 11 is 0. The van der Waals surface area contributed by atoms with Gasteiger partial charge in [0.15, 0.2) is 30.9 Å². The highest BCUT2D eigenvalue weighted by Crippen LogP contribution is 2.37. The number of hydrogen-bond acceptors (Lipinski definition) is 12. The predicted octanol–water partition coefficient (Wildman–Crippen LogP) is 6.04. The lowest BCUT2D eigenvalue weighted by molar-refractivity contribution is -0.156. The minimum atomic E-state index is -0.712. The van der Waals surface area contributed by atoms with E-state index in [4.69, 9.17) is 32.8 Å². The summed E-state index contributed by atoms with van der Waals surface area (Å²) in [5.41, 5.74) is 1.37. The Balaban J connectivity index is 1.65. The number of esters is 2. The Kier molecular flexibility index (Phi) is 12.5. The molecule has 0 amide bonds. The van der Waals surface area contributed by atoms with Gasteiger partial charge in [0.1, 0.15) is 24.1 Å². The van der Waals surface area contributed by atoms with Gasteiger partial charge in [-0.1, -0.05) is 26.8 Å². The van der Waals surface area contributed by atoms with Crippen molar-refractivity contribution in [1.82, 2.24) is 4.90 Å². The van der Waals surface area contributed by atoms with Gasteiger partial charge in [0.05, 0.1) is 23.1 Å². The van der Waals surface area contributed by atoms with Crippen LogP contribution in [0.25, 0.3) is 16.5 Å². The average Bonchev–Trinajstić information content (AvgIpc) is 3.02. The first-order chi connectivity index (χ1) is 23.9. The molecular formula is C39H49NO11. The number of aryl methyl sites for hydroxylation is 1. The Morgan fingerprint density at radius 1 is 0.902 bits per heavy atom. The summed E-state index contributed by atoms with van der Waals surface area (Å²) in [7, 11) is 2.97. The molecule has 0 N–H and O–H groups in total. The molecule has 0 bridgehead atoms. The number of ether oxygens (including phenoxy) is 6. The molecule has 0 spiro atoms. The van der Waals surface area contributed by atoms with Crippen LogP contribution in [0.1, 0.15) is 84.5 Å². The van der Waals surface area contributed by atoms with Gasteiger partial charge in [0, 0.05) is 38.4 Å². The fraction of sp³-hybridized carbons (Fsp3) is 0.487. The number of carbonyl (C=O) groups is 3. The minimum absolute atomic E-state index is 0.0169. The number of hydrogen-bond donors (Lipinski definition) is 0. The Morgan fingerprint density at radius 3 is 2.16 bits per heavy atom. The monoisotopic (exact) mass is 707 g/mol. The van der Waals surface area contributed by atoms with E-state index in [2.05, 4.69) is 0 Å². The maximum atomic E-state index is 14.2. The van der Waals surface area contributed by atoms with E-state index in [0.29, 0.717) is 35.4 Å². The SMILES string of the molecule is COCOc1cc2c(cc1OCOC)C(=O)C(c1coc3cc(C)c(C)c(C(=O)OCCN(CC(=O)OC(C)(C)C)CC(C)(C)C)c3c1=O)=CC2. The number of methoxy groups -OCH3 is 2. The van der Waals surface area contributed by atoms with E-state index in [1.807, 2.05) is 53.4 Å². The van der Waals surface area contributed by atoms with Crippen LogP contribution in [0.2, 0.25) is 0 Å². The molecular weight excluding hydrogens is 658 g/mol. The number of rotatable bonds is 14. The first kappa shape index (κ1) is 39.3. The van der Waals surface area contributed by atoms with Crippen LogP contribution in [-0.4, -0.2) is 82.3 Å². The summed E-state index contributed by atoms with van der Waals surface area (Å²) in [4.78, 5) is 56.4. The predicted molar refractivity (Wildman–Crippen MR) is 191 cm³/mol. The van der Waals surface area contributed by atoms with Crippen LogP contribution in [0.15, 0.2) is 39.7 Å². The van der Waals surface area contributed by atoms with Gasteiger partial charge in [-0.25, -0.2) is 4.79 Å². The number of nitrogens with zero attached hydrogens (tertiary/aromatic N) is 1. The molecule has 1 aromatic heterocycles. The molecule has 0 saturated carbocycles. The lowest BCUT2D eigenvalue weighted by atomic mass is 9.86. The van der Waals surface area contributed by atoms with E-state index in [-0.39, 0.29) is 78.1 Å². The summed E-state index contributed by atoms with van der Waals surface area (Å²) in [6, 6.07) is 4.94. The van der Waals surface area contributed by atoms with Crippen molar-refractivity contribution in [1.29, 1.82) is 0 Å². The molecule has 0 unspecified atom stereocenters. The fourth-order valence-corrected chi connectivity index (χ4v) is 5.87. The number of Topliss-reactive ketones (excluding diaryl/α,β-unsaturated/α-hetero) is 1. The highest BCUT2D eigenvalue weighted by atomic mass is 16.7. The number of carbonyl (C=O) groups excluding carboxylic acids is 3. The fourth-order valence-electron chi connectivity index (χ4n) is 5.87. The molecule has 4 rings (SSSR count). The zero-order valence-corrected chi connectivity index (χ0v) is 31.3. The molecule has 1 aliphatic rings. The molecule has 3 aromatic rings. The zero-order chi connectivity index (χ0) is 37.7. The van der Waals surface area contributed by atoms with E-state index in [0.717, 1.165) is 5.56 Å². The minimum Gasteiger partial charge on any atom is -0.464 e. The summed E-state index contributed by atoms with van der Waals surface area (Å²) in [6.07, 6.45) is 3.23. The average molecular weight is 708 g/mol. The van der Waals surface area contributed by atoms with Crippen molar-refractivity contribution in [3.05, 3.63) is 74.1 Å². The van der Waals surface area contributed by atoms with Gasteiger partial charge in [-0.15, -0.1) is 0 Å². The Morgan fingerprint density at radius 2 is 1.55 bits per heavy atom. The normalized spacial score (nSPS) is 13.2. The molecule has 0 aliphatic heterocycles. The van der Waals surface area contributed by atoms with Crippen LogP contribution in [0.3, 0.4) is 0 Å². The molecule has 276 valence electrons. The summed E-state index contributed by atoms with van der Waals surface area (Å²) < 4.78 is 38.6. The Bertz CT molecular complexity index is 1880. The van der Waals surface area contributed by atoms with Gasteiger partial charge >= 0.3 is 11.9 Å². The molecule has 12 heteroatoms. The van der Waals surface area contributed by atoms with Crippen molar-refractivity contribution in [3.8, 4) is 11.5 Å². The van der Waals surface area contributed by atoms with Crippen molar-refractivity contribution in [2.24, 2.45) is 5.41 Å². The van der Waals surface area contributed by atoms with Gasteiger partial charge < -0.3 is 32.8 Å². The third kappa shape index (κ3) is 9.84. The van der Waals surface area contributed by atoms with Crippen molar-refractivity contribution in [2.45, 2.75) is 67.4 Å². The van der Waals surface area contributed by atoms with Crippen LogP contribution < -0.4 is 14.9 Å². The molecule has 2 aromatic carbocycles. The second-order valence-electron chi connectivity index (χ2n) is 14.7. The van der Waals surface area contributed by atoms with Gasteiger partial charge in [-0.3, -0.25) is 19.3 Å². The zero-order valence-electron chi connectivity index (χ0n) is 31.3. The number of ketones is 1. The summed E-state index contributed by atoms with van der Waals surface area (Å²) in [5.74, 6) is -0.854. The quantitative estimate of drug-likeness (QED) is 0.142. The molecule has 1 heterocycles.